The largest absolute Gasteiger partial charge is 0.465 e. The molecule has 0 fully saturated rings. The average Bonchev–Trinajstić information content (AvgIpc) is 2.93. The van der Waals surface area contributed by atoms with E-state index in [9.17, 15) is 4.79 Å². The summed E-state index contributed by atoms with van der Waals surface area (Å²) in [6, 6.07) is 11.1. The van der Waals surface area contributed by atoms with Crippen LogP contribution in [0.5, 0.6) is 0 Å². The molecule has 1 aromatic carbocycles. The molecule has 27 heavy (non-hydrogen) atoms. The van der Waals surface area contributed by atoms with E-state index >= 15 is 0 Å². The van der Waals surface area contributed by atoms with Crippen LogP contribution in [0.4, 0.5) is 0 Å². The number of esters is 1. The number of rotatable bonds is 6. The molecule has 0 radical (unpaired) electrons. The second-order valence-corrected chi connectivity index (χ2v) is 8.83. The first kappa shape index (κ1) is 20.0. The Hall–Kier alpha value is -1.76. The number of thioether (sulfide) groups is 1. The Morgan fingerprint density at radius 3 is 2.52 bits per heavy atom. The number of fused-ring (bicyclic) bond motifs is 1. The van der Waals surface area contributed by atoms with Crippen LogP contribution in [-0.4, -0.2) is 31.9 Å². The maximum absolute atomic E-state index is 12.3. The highest BCUT2D eigenvalue weighted by molar-refractivity contribution is 8.01. The van der Waals surface area contributed by atoms with Gasteiger partial charge in [0.05, 0.1) is 13.2 Å². The van der Waals surface area contributed by atoms with E-state index in [-0.39, 0.29) is 5.97 Å². The summed E-state index contributed by atoms with van der Waals surface area (Å²) in [6.45, 7) is 6.30. The molecular weight excluding hydrogens is 405 g/mol. The maximum atomic E-state index is 12.3. The van der Waals surface area contributed by atoms with Crippen molar-refractivity contribution in [2.45, 2.75) is 37.2 Å². The van der Waals surface area contributed by atoms with Gasteiger partial charge in [-0.15, -0.1) is 0 Å². The Kier molecular flexibility index (Phi) is 5.99. The van der Waals surface area contributed by atoms with Crippen LogP contribution in [0.1, 0.15) is 26.3 Å². The quantitative estimate of drug-likeness (QED) is 0.309. The van der Waals surface area contributed by atoms with Crippen LogP contribution in [0.2, 0.25) is 10.2 Å². The van der Waals surface area contributed by atoms with Crippen LogP contribution in [0.3, 0.4) is 0 Å². The van der Waals surface area contributed by atoms with Gasteiger partial charge in [0.15, 0.2) is 10.8 Å². The summed E-state index contributed by atoms with van der Waals surface area (Å²) in [5.41, 5.74) is 2.42. The lowest BCUT2D eigenvalue weighted by molar-refractivity contribution is -0.145. The lowest BCUT2D eigenvalue weighted by Gasteiger charge is -2.21. The average molecular weight is 424 g/mol. The molecule has 0 N–H and O–H groups in total. The fourth-order valence-electron chi connectivity index (χ4n) is 2.53. The Morgan fingerprint density at radius 2 is 1.85 bits per heavy atom. The zero-order valence-electron chi connectivity index (χ0n) is 15.2. The summed E-state index contributed by atoms with van der Waals surface area (Å²) in [7, 11) is 0. The molecule has 0 saturated heterocycles. The molecule has 0 saturated carbocycles. The highest BCUT2D eigenvalue weighted by Gasteiger charge is 2.33. The van der Waals surface area contributed by atoms with Gasteiger partial charge in [-0.2, -0.15) is 0 Å². The number of hydrogen-bond donors (Lipinski definition) is 0. The van der Waals surface area contributed by atoms with E-state index in [1.165, 1.54) is 11.8 Å². The van der Waals surface area contributed by atoms with Gasteiger partial charge in [0.1, 0.15) is 15.4 Å². The van der Waals surface area contributed by atoms with Crippen molar-refractivity contribution >= 4 is 52.1 Å². The number of carbonyl (C=O) groups is 1. The van der Waals surface area contributed by atoms with Crippen LogP contribution < -0.4 is 0 Å². The zero-order chi connectivity index (χ0) is 19.6. The predicted molar refractivity (Wildman–Crippen MR) is 110 cm³/mol. The smallest absolute Gasteiger partial charge is 0.322 e. The number of nitrogens with zero attached hydrogens (tertiary/aromatic N) is 3. The highest BCUT2D eigenvalue weighted by atomic mass is 35.5. The first-order valence-corrected chi connectivity index (χ1v) is 10.0. The predicted octanol–water partition coefficient (Wildman–Crippen LogP) is 5.22. The Morgan fingerprint density at radius 1 is 1.15 bits per heavy atom. The fourth-order valence-corrected chi connectivity index (χ4v) is 3.80. The van der Waals surface area contributed by atoms with Gasteiger partial charge in [-0.3, -0.25) is 9.36 Å². The minimum Gasteiger partial charge on any atom is -0.465 e. The number of hydrogen-bond acceptors (Lipinski definition) is 5. The number of pyridine rings is 1. The minimum atomic E-state index is -0.793. The van der Waals surface area contributed by atoms with Crippen LogP contribution in [0.25, 0.3) is 11.2 Å². The summed E-state index contributed by atoms with van der Waals surface area (Å²) in [6.07, 6.45) is 0. The van der Waals surface area contributed by atoms with Crippen LogP contribution in [0, 0.1) is 0 Å². The van der Waals surface area contributed by atoms with Gasteiger partial charge in [0.25, 0.3) is 0 Å². The summed E-state index contributed by atoms with van der Waals surface area (Å²) >= 11 is 13.4. The number of carbonyl (C=O) groups excluding carboxylic acids is 1. The normalized spacial score (nSPS) is 11.7. The van der Waals surface area contributed by atoms with E-state index in [1.807, 2.05) is 48.7 Å². The van der Waals surface area contributed by atoms with Gasteiger partial charge in [-0.05, 0) is 50.6 Å². The lowest BCUT2D eigenvalue weighted by Crippen LogP contribution is -2.30. The van der Waals surface area contributed by atoms with Gasteiger partial charge in [0, 0.05) is 5.02 Å². The molecule has 0 aliphatic carbocycles. The summed E-state index contributed by atoms with van der Waals surface area (Å²) in [4.78, 5) is 21.4. The zero-order valence-corrected chi connectivity index (χ0v) is 17.5. The van der Waals surface area contributed by atoms with E-state index in [2.05, 4.69) is 9.97 Å². The van der Waals surface area contributed by atoms with Crippen molar-refractivity contribution < 1.29 is 9.53 Å². The van der Waals surface area contributed by atoms with Gasteiger partial charge in [-0.1, -0.05) is 47.1 Å². The molecule has 0 atom stereocenters. The van der Waals surface area contributed by atoms with Crippen molar-refractivity contribution in [3.05, 3.63) is 52.1 Å². The van der Waals surface area contributed by atoms with Crippen molar-refractivity contribution in [1.82, 2.24) is 14.5 Å². The molecule has 3 aromatic rings. The van der Waals surface area contributed by atoms with Gasteiger partial charge in [-0.25, -0.2) is 9.97 Å². The van der Waals surface area contributed by atoms with E-state index in [1.54, 1.807) is 13.0 Å². The molecular formula is C19H19Cl2N3O2S. The SMILES string of the molecule is CCOC(=O)C(C)(C)Sc1nc2ccc(Cl)nc2n1Cc1ccc(Cl)cc1. The van der Waals surface area contributed by atoms with E-state index < -0.39 is 4.75 Å². The number of halogens is 2. The topological polar surface area (TPSA) is 57.0 Å². The minimum absolute atomic E-state index is 0.286. The van der Waals surface area contributed by atoms with Gasteiger partial charge < -0.3 is 4.74 Å². The Bertz CT molecular complexity index is 971. The molecule has 0 spiro atoms. The maximum Gasteiger partial charge on any atom is 0.322 e. The third-order valence-electron chi connectivity index (χ3n) is 3.89. The van der Waals surface area contributed by atoms with Crippen molar-refractivity contribution in [3.8, 4) is 0 Å². The first-order valence-electron chi connectivity index (χ1n) is 8.43. The third-order valence-corrected chi connectivity index (χ3v) is 5.52. The fraction of sp³-hybridized carbons (Fsp3) is 0.316. The van der Waals surface area contributed by atoms with Crippen LogP contribution in [0.15, 0.2) is 41.6 Å². The van der Waals surface area contributed by atoms with E-state index in [0.29, 0.717) is 34.1 Å². The number of benzene rings is 1. The molecule has 2 heterocycles. The summed E-state index contributed by atoms with van der Waals surface area (Å²) < 4.78 is 6.36. The molecule has 3 rings (SSSR count). The van der Waals surface area contributed by atoms with Crippen LogP contribution >= 0.6 is 35.0 Å². The monoisotopic (exact) mass is 423 g/mol. The molecule has 0 amide bonds. The molecule has 5 nitrogen and oxygen atoms in total. The van der Waals surface area contributed by atoms with Crippen LogP contribution in [-0.2, 0) is 16.1 Å². The summed E-state index contributed by atoms with van der Waals surface area (Å²) in [5.74, 6) is -0.286. The summed E-state index contributed by atoms with van der Waals surface area (Å²) in [5, 5.41) is 1.74. The van der Waals surface area contributed by atoms with Crippen molar-refractivity contribution in [2.75, 3.05) is 6.61 Å². The number of aromatic nitrogens is 3. The first-order chi connectivity index (χ1) is 12.8. The third kappa shape index (κ3) is 4.57. The van der Waals surface area contributed by atoms with Crippen molar-refractivity contribution in [3.63, 3.8) is 0 Å². The molecule has 8 heteroatoms. The van der Waals surface area contributed by atoms with E-state index in [0.717, 1.165) is 11.1 Å². The highest BCUT2D eigenvalue weighted by Crippen LogP contribution is 2.35. The van der Waals surface area contributed by atoms with Crippen molar-refractivity contribution in [2.24, 2.45) is 0 Å². The molecule has 0 bridgehead atoms. The Balaban J connectivity index is 2.03. The van der Waals surface area contributed by atoms with Gasteiger partial charge >= 0.3 is 5.97 Å². The van der Waals surface area contributed by atoms with E-state index in [4.69, 9.17) is 27.9 Å². The molecule has 0 unspecified atom stereocenters. The molecule has 0 aliphatic heterocycles. The molecule has 142 valence electrons. The number of imidazole rings is 1. The second kappa shape index (κ2) is 8.09. The molecule has 0 aliphatic rings. The van der Waals surface area contributed by atoms with Crippen molar-refractivity contribution in [1.29, 1.82) is 0 Å². The Labute approximate surface area is 172 Å². The number of ether oxygens (including phenoxy) is 1. The lowest BCUT2D eigenvalue weighted by atomic mass is 10.2. The standard InChI is InChI=1S/C19H19Cl2N3O2S/c1-4-26-17(25)19(2,3)27-18-22-14-9-10-15(21)23-16(14)24(18)11-12-5-7-13(20)8-6-12/h5-10H,4,11H2,1-3H3. The van der Waals surface area contributed by atoms with Gasteiger partial charge in [0.2, 0.25) is 0 Å². The second-order valence-electron chi connectivity index (χ2n) is 6.42. The molecule has 2 aromatic heterocycles.